The Morgan fingerprint density at radius 1 is 1.43 bits per heavy atom. The Labute approximate surface area is 132 Å². The standard InChI is InChI=1S/C16H18N2O5/c1-4-8-23-15-9(2)13(17-18(3)16(15)22)14(21)12-10(19)6-5-7-11(12)20/h4,19H,1,5-8H2,2-3H3. The molecule has 2 rings (SSSR count). The molecule has 0 atom stereocenters. The Morgan fingerprint density at radius 3 is 2.74 bits per heavy atom. The molecule has 1 N–H and O–H groups in total. The molecule has 23 heavy (non-hydrogen) atoms. The number of ketones is 2. The van der Waals surface area contributed by atoms with E-state index in [1.807, 2.05) is 0 Å². The molecule has 0 fully saturated rings. The molecule has 0 radical (unpaired) electrons. The number of aliphatic hydroxyl groups excluding tert-OH is 1. The van der Waals surface area contributed by atoms with Crippen LogP contribution >= 0.6 is 0 Å². The van der Waals surface area contributed by atoms with Gasteiger partial charge in [-0.2, -0.15) is 5.10 Å². The van der Waals surface area contributed by atoms with E-state index in [2.05, 4.69) is 11.7 Å². The van der Waals surface area contributed by atoms with Crippen LogP contribution in [0.2, 0.25) is 0 Å². The molecule has 7 heteroatoms. The van der Waals surface area contributed by atoms with Gasteiger partial charge in [-0.25, -0.2) is 4.68 Å². The Balaban J connectivity index is 2.57. The van der Waals surface area contributed by atoms with Crippen molar-refractivity contribution in [1.82, 2.24) is 9.78 Å². The van der Waals surface area contributed by atoms with Crippen LogP contribution < -0.4 is 10.3 Å². The summed E-state index contributed by atoms with van der Waals surface area (Å²) in [6, 6.07) is 0. The summed E-state index contributed by atoms with van der Waals surface area (Å²) in [4.78, 5) is 36.7. The van der Waals surface area contributed by atoms with Crippen molar-refractivity contribution in [3.8, 4) is 5.75 Å². The first-order valence-corrected chi connectivity index (χ1v) is 7.20. The predicted molar refractivity (Wildman–Crippen MR) is 82.8 cm³/mol. The van der Waals surface area contributed by atoms with E-state index in [1.54, 1.807) is 0 Å². The second kappa shape index (κ2) is 6.60. The van der Waals surface area contributed by atoms with E-state index in [9.17, 15) is 19.5 Å². The van der Waals surface area contributed by atoms with Crippen molar-refractivity contribution in [2.75, 3.05) is 6.61 Å². The van der Waals surface area contributed by atoms with Crippen molar-refractivity contribution in [2.24, 2.45) is 7.05 Å². The monoisotopic (exact) mass is 318 g/mol. The van der Waals surface area contributed by atoms with Gasteiger partial charge in [-0.15, -0.1) is 0 Å². The SMILES string of the molecule is C=CCOc1c(C)c(C(=O)C2=C(O)CCCC2=O)nn(C)c1=O. The molecule has 1 aromatic heterocycles. The van der Waals surface area contributed by atoms with Gasteiger partial charge < -0.3 is 9.84 Å². The molecule has 0 bridgehead atoms. The molecule has 0 unspecified atom stereocenters. The quantitative estimate of drug-likeness (QED) is 0.500. The maximum atomic E-state index is 12.6. The molecule has 1 aromatic rings. The minimum atomic E-state index is -0.691. The fourth-order valence-corrected chi connectivity index (χ4v) is 2.42. The zero-order valence-electron chi connectivity index (χ0n) is 13.1. The van der Waals surface area contributed by atoms with Crippen molar-refractivity contribution in [1.29, 1.82) is 0 Å². The largest absolute Gasteiger partial charge is 0.511 e. The average Bonchev–Trinajstić information content (AvgIpc) is 2.50. The summed E-state index contributed by atoms with van der Waals surface area (Å²) in [5.74, 6) is -1.35. The molecule has 0 saturated carbocycles. The van der Waals surface area contributed by atoms with Crippen LogP contribution in [0, 0.1) is 6.92 Å². The lowest BCUT2D eigenvalue weighted by Gasteiger charge is -2.16. The highest BCUT2D eigenvalue weighted by Crippen LogP contribution is 2.25. The fourth-order valence-electron chi connectivity index (χ4n) is 2.42. The third-order valence-electron chi connectivity index (χ3n) is 3.61. The van der Waals surface area contributed by atoms with E-state index in [-0.39, 0.29) is 47.8 Å². The van der Waals surface area contributed by atoms with Crippen LogP contribution in [0.5, 0.6) is 5.75 Å². The van der Waals surface area contributed by atoms with Crippen LogP contribution in [0.1, 0.15) is 35.3 Å². The van der Waals surface area contributed by atoms with E-state index >= 15 is 0 Å². The molecule has 1 aliphatic carbocycles. The molecular formula is C16H18N2O5. The van der Waals surface area contributed by atoms with E-state index in [0.717, 1.165) is 4.68 Å². The van der Waals surface area contributed by atoms with Crippen LogP contribution in [0.25, 0.3) is 0 Å². The lowest BCUT2D eigenvalue weighted by molar-refractivity contribution is -0.116. The Kier molecular flexibility index (Phi) is 4.78. The van der Waals surface area contributed by atoms with E-state index in [1.165, 1.54) is 20.0 Å². The van der Waals surface area contributed by atoms with Gasteiger partial charge in [0.2, 0.25) is 5.78 Å². The molecular weight excluding hydrogens is 300 g/mol. The predicted octanol–water partition coefficient (Wildman–Crippen LogP) is 1.40. The van der Waals surface area contributed by atoms with Crippen molar-refractivity contribution < 1.29 is 19.4 Å². The van der Waals surface area contributed by atoms with Gasteiger partial charge in [-0.1, -0.05) is 12.7 Å². The lowest BCUT2D eigenvalue weighted by atomic mass is 9.91. The highest BCUT2D eigenvalue weighted by molar-refractivity contribution is 6.26. The molecule has 0 amide bonds. The Bertz CT molecular complexity index is 773. The zero-order chi connectivity index (χ0) is 17.1. The first kappa shape index (κ1) is 16.7. The minimum Gasteiger partial charge on any atom is -0.511 e. The molecule has 1 heterocycles. The number of hydrogen-bond acceptors (Lipinski definition) is 6. The number of hydrogen-bond donors (Lipinski definition) is 1. The second-order valence-electron chi connectivity index (χ2n) is 5.26. The number of carbonyl (C=O) groups excluding carboxylic acids is 2. The van der Waals surface area contributed by atoms with Crippen molar-refractivity contribution in [3.05, 3.63) is 45.6 Å². The summed E-state index contributed by atoms with van der Waals surface area (Å²) < 4.78 is 6.30. The van der Waals surface area contributed by atoms with Gasteiger partial charge in [0.1, 0.15) is 23.6 Å². The maximum absolute atomic E-state index is 12.6. The number of nitrogens with zero attached hydrogens (tertiary/aromatic N) is 2. The lowest BCUT2D eigenvalue weighted by Crippen LogP contribution is -2.28. The van der Waals surface area contributed by atoms with Gasteiger partial charge in [0.25, 0.3) is 0 Å². The van der Waals surface area contributed by atoms with Crippen molar-refractivity contribution in [2.45, 2.75) is 26.2 Å². The summed E-state index contributed by atoms with van der Waals surface area (Å²) >= 11 is 0. The van der Waals surface area contributed by atoms with E-state index < -0.39 is 17.1 Å². The number of allylic oxidation sites excluding steroid dienone is 2. The minimum absolute atomic E-state index is 0.0194. The average molecular weight is 318 g/mol. The normalized spacial score (nSPS) is 14.8. The number of rotatable bonds is 5. The van der Waals surface area contributed by atoms with Crippen LogP contribution in [-0.4, -0.2) is 33.1 Å². The topological polar surface area (TPSA) is 98.5 Å². The van der Waals surface area contributed by atoms with E-state index in [4.69, 9.17) is 4.74 Å². The number of aliphatic hydroxyl groups is 1. The molecule has 1 aliphatic rings. The van der Waals surface area contributed by atoms with E-state index in [0.29, 0.717) is 6.42 Å². The maximum Gasteiger partial charge on any atom is 0.309 e. The van der Waals surface area contributed by atoms with Gasteiger partial charge in [0.15, 0.2) is 11.5 Å². The summed E-state index contributed by atoms with van der Waals surface area (Å²) in [5.41, 5.74) is -0.587. The van der Waals surface area contributed by atoms with Crippen LogP contribution in [0.3, 0.4) is 0 Å². The van der Waals surface area contributed by atoms with Crippen molar-refractivity contribution >= 4 is 11.6 Å². The molecule has 122 valence electrons. The summed E-state index contributed by atoms with van der Waals surface area (Å²) in [7, 11) is 1.39. The van der Waals surface area contributed by atoms with Gasteiger partial charge >= 0.3 is 5.56 Å². The van der Waals surface area contributed by atoms with Gasteiger partial charge in [0.05, 0.1) is 0 Å². The second-order valence-corrected chi connectivity index (χ2v) is 5.26. The highest BCUT2D eigenvalue weighted by atomic mass is 16.5. The first-order valence-electron chi connectivity index (χ1n) is 7.20. The number of aryl methyl sites for hydroxylation is 1. The third kappa shape index (κ3) is 3.08. The summed E-state index contributed by atoms with van der Waals surface area (Å²) in [5, 5.41) is 13.8. The number of ether oxygens (including phenoxy) is 1. The molecule has 0 aromatic carbocycles. The third-order valence-corrected chi connectivity index (χ3v) is 3.61. The Morgan fingerprint density at radius 2 is 2.13 bits per heavy atom. The summed E-state index contributed by atoms with van der Waals surface area (Å²) in [6.45, 7) is 5.12. The van der Waals surface area contributed by atoms with Gasteiger partial charge in [-0.3, -0.25) is 14.4 Å². The van der Waals surface area contributed by atoms with Crippen LogP contribution in [-0.2, 0) is 11.8 Å². The molecule has 7 nitrogen and oxygen atoms in total. The van der Waals surface area contributed by atoms with Crippen LogP contribution in [0.4, 0.5) is 0 Å². The first-order chi connectivity index (χ1) is 10.9. The fraction of sp³-hybridized carbons (Fsp3) is 0.375. The zero-order valence-corrected chi connectivity index (χ0v) is 13.1. The van der Waals surface area contributed by atoms with Crippen molar-refractivity contribution in [3.63, 3.8) is 0 Å². The number of Topliss-reactive ketones (excluding diaryl/α,β-unsaturated/α-hetero) is 2. The number of carbonyl (C=O) groups is 2. The highest BCUT2D eigenvalue weighted by Gasteiger charge is 2.30. The molecule has 0 aliphatic heterocycles. The van der Waals surface area contributed by atoms with Gasteiger partial charge in [-0.05, 0) is 13.3 Å². The van der Waals surface area contributed by atoms with Gasteiger partial charge in [0, 0.05) is 25.5 Å². The smallest absolute Gasteiger partial charge is 0.309 e. The van der Waals surface area contributed by atoms with Crippen LogP contribution in [0.15, 0.2) is 28.8 Å². The Hall–Kier alpha value is -2.70. The molecule has 0 spiro atoms. The summed E-state index contributed by atoms with van der Waals surface area (Å²) in [6.07, 6.45) is 2.46. The number of aromatic nitrogens is 2. The molecule has 0 saturated heterocycles.